The first-order valence-electron chi connectivity index (χ1n) is 7.43. The molecule has 4 nitrogen and oxygen atoms in total. The molecule has 2 fully saturated rings. The van der Waals surface area contributed by atoms with E-state index >= 15 is 0 Å². The van der Waals surface area contributed by atoms with Crippen molar-refractivity contribution in [2.24, 2.45) is 5.41 Å². The first-order chi connectivity index (χ1) is 10.5. The van der Waals surface area contributed by atoms with Crippen molar-refractivity contribution in [3.8, 4) is 0 Å². The number of likely N-dealkylation sites (tertiary alicyclic amines) is 1. The van der Waals surface area contributed by atoms with Gasteiger partial charge in [0.25, 0.3) is 0 Å². The summed E-state index contributed by atoms with van der Waals surface area (Å²) in [5.74, 6) is -0.535. The number of alkyl halides is 1. The number of hydrogen-bond acceptors (Lipinski definition) is 2. The summed E-state index contributed by atoms with van der Waals surface area (Å²) in [7, 11) is 0. The summed E-state index contributed by atoms with van der Waals surface area (Å²) in [6.07, 6.45) is 1.03. The molecule has 0 saturated carbocycles. The summed E-state index contributed by atoms with van der Waals surface area (Å²) in [6.45, 7) is 0.943. The van der Waals surface area contributed by atoms with Gasteiger partial charge in [0.05, 0.1) is 13.1 Å². The molecule has 2 aliphatic rings. The zero-order chi connectivity index (χ0) is 15.7. The van der Waals surface area contributed by atoms with Crippen LogP contribution in [-0.4, -0.2) is 43.0 Å². The quantitative estimate of drug-likeness (QED) is 0.858. The van der Waals surface area contributed by atoms with Crippen LogP contribution < -0.4 is 4.90 Å². The molecule has 1 aromatic carbocycles. The van der Waals surface area contributed by atoms with Gasteiger partial charge in [0, 0.05) is 37.2 Å². The summed E-state index contributed by atoms with van der Waals surface area (Å²) in [6, 6.07) is 5.85. The van der Waals surface area contributed by atoms with Gasteiger partial charge in [0.2, 0.25) is 11.8 Å². The molecule has 0 aliphatic carbocycles. The molecule has 2 saturated heterocycles. The Kier molecular flexibility index (Phi) is 3.85. The third kappa shape index (κ3) is 2.69. The molecule has 3 rings (SSSR count). The monoisotopic (exact) mass is 308 g/mol. The normalized spacial score (nSPS) is 24.5. The molecule has 1 aromatic rings. The van der Waals surface area contributed by atoms with Gasteiger partial charge in [-0.15, -0.1) is 0 Å². The van der Waals surface area contributed by atoms with Crippen LogP contribution in [-0.2, 0) is 9.59 Å². The van der Waals surface area contributed by atoms with Crippen LogP contribution in [0.5, 0.6) is 0 Å². The van der Waals surface area contributed by atoms with Gasteiger partial charge in [-0.2, -0.15) is 0 Å². The molecule has 0 radical (unpaired) electrons. The molecule has 2 aliphatic heterocycles. The highest BCUT2D eigenvalue weighted by Crippen LogP contribution is 2.41. The Hall–Kier alpha value is -1.98. The van der Waals surface area contributed by atoms with Gasteiger partial charge in [0.15, 0.2) is 0 Å². The Balaban J connectivity index is 1.72. The fourth-order valence-electron chi connectivity index (χ4n) is 3.41. The Morgan fingerprint density at radius 3 is 2.64 bits per heavy atom. The highest BCUT2D eigenvalue weighted by atomic mass is 19.1. The molecule has 2 amide bonds. The van der Waals surface area contributed by atoms with Gasteiger partial charge >= 0.3 is 0 Å². The van der Waals surface area contributed by atoms with Crippen molar-refractivity contribution in [3.63, 3.8) is 0 Å². The van der Waals surface area contributed by atoms with E-state index in [1.165, 1.54) is 12.1 Å². The van der Waals surface area contributed by atoms with E-state index in [0.29, 0.717) is 31.7 Å². The van der Waals surface area contributed by atoms with Crippen molar-refractivity contribution in [2.45, 2.75) is 19.3 Å². The second kappa shape index (κ2) is 5.66. The van der Waals surface area contributed by atoms with Crippen LogP contribution in [0.4, 0.5) is 14.5 Å². The second-order valence-electron chi connectivity index (χ2n) is 6.14. The number of carbonyl (C=O) groups is 2. The van der Waals surface area contributed by atoms with Gasteiger partial charge in [0.1, 0.15) is 5.82 Å². The number of rotatable bonds is 3. The topological polar surface area (TPSA) is 40.6 Å². The molecule has 0 bridgehead atoms. The van der Waals surface area contributed by atoms with Crippen LogP contribution in [0.2, 0.25) is 0 Å². The predicted molar refractivity (Wildman–Crippen MR) is 77.6 cm³/mol. The summed E-state index contributed by atoms with van der Waals surface area (Å²) in [5.41, 5.74) is 0.425. The van der Waals surface area contributed by atoms with E-state index in [2.05, 4.69) is 0 Å². The van der Waals surface area contributed by atoms with Crippen molar-refractivity contribution >= 4 is 17.5 Å². The molecule has 0 N–H and O–H groups in total. The summed E-state index contributed by atoms with van der Waals surface area (Å²) < 4.78 is 25.3. The van der Waals surface area contributed by atoms with Crippen LogP contribution in [0.1, 0.15) is 19.3 Å². The van der Waals surface area contributed by atoms with Crippen LogP contribution in [0.3, 0.4) is 0 Å². The zero-order valence-corrected chi connectivity index (χ0v) is 12.2. The van der Waals surface area contributed by atoms with E-state index in [1.54, 1.807) is 21.9 Å². The molecular formula is C16H18F2N2O2. The molecule has 1 unspecified atom stereocenters. The molecular weight excluding hydrogens is 290 g/mol. The molecule has 1 spiro atoms. The van der Waals surface area contributed by atoms with E-state index in [-0.39, 0.29) is 29.5 Å². The average molecular weight is 308 g/mol. The lowest BCUT2D eigenvalue weighted by molar-refractivity contribution is -0.131. The third-order valence-corrected chi connectivity index (χ3v) is 4.56. The highest BCUT2D eigenvalue weighted by Gasteiger charge is 2.48. The fraction of sp³-hybridized carbons (Fsp3) is 0.500. The number of halogens is 2. The Bertz CT molecular complexity index is 590. The van der Waals surface area contributed by atoms with Crippen LogP contribution in [0.15, 0.2) is 24.3 Å². The lowest BCUT2D eigenvalue weighted by Gasteiger charge is -2.24. The van der Waals surface area contributed by atoms with E-state index in [0.717, 1.165) is 6.42 Å². The number of hydrogen-bond donors (Lipinski definition) is 0. The predicted octanol–water partition coefficient (Wildman–Crippen LogP) is 2.14. The highest BCUT2D eigenvalue weighted by molar-refractivity contribution is 5.96. The first-order valence-corrected chi connectivity index (χ1v) is 7.43. The van der Waals surface area contributed by atoms with Crippen LogP contribution in [0, 0.1) is 11.2 Å². The number of anilines is 1. The van der Waals surface area contributed by atoms with Gasteiger partial charge < -0.3 is 9.80 Å². The fourth-order valence-corrected chi connectivity index (χ4v) is 3.41. The molecule has 0 aromatic heterocycles. The van der Waals surface area contributed by atoms with Crippen molar-refractivity contribution in [3.05, 3.63) is 30.1 Å². The van der Waals surface area contributed by atoms with Gasteiger partial charge in [-0.1, -0.05) is 0 Å². The summed E-state index contributed by atoms with van der Waals surface area (Å²) in [4.78, 5) is 27.4. The molecule has 2 heterocycles. The van der Waals surface area contributed by atoms with Crippen molar-refractivity contribution in [1.82, 2.24) is 4.90 Å². The Labute approximate surface area is 127 Å². The summed E-state index contributed by atoms with van der Waals surface area (Å²) in [5, 5.41) is 0. The van der Waals surface area contributed by atoms with E-state index < -0.39 is 6.67 Å². The third-order valence-electron chi connectivity index (χ3n) is 4.56. The molecule has 1 atom stereocenters. The van der Waals surface area contributed by atoms with Crippen molar-refractivity contribution < 1.29 is 18.4 Å². The number of carbonyl (C=O) groups excluding carboxylic acids is 2. The van der Waals surface area contributed by atoms with Gasteiger partial charge in [-0.3, -0.25) is 14.0 Å². The van der Waals surface area contributed by atoms with Crippen LogP contribution in [0.25, 0.3) is 0 Å². The van der Waals surface area contributed by atoms with Gasteiger partial charge in [-0.05, 0) is 30.7 Å². The number of nitrogens with zero attached hydrogens (tertiary/aromatic N) is 2. The van der Waals surface area contributed by atoms with Crippen LogP contribution >= 0.6 is 0 Å². The van der Waals surface area contributed by atoms with Gasteiger partial charge in [-0.25, -0.2) is 4.39 Å². The zero-order valence-electron chi connectivity index (χ0n) is 12.2. The standard InChI is InChI=1S/C16H18F2N2O2/c17-7-5-14(21)19-8-6-16(10-19)9-15(22)20(11-16)13-3-1-12(18)2-4-13/h1-4H,5-11H2. The van der Waals surface area contributed by atoms with Crippen molar-refractivity contribution in [2.75, 3.05) is 31.2 Å². The minimum absolute atomic E-state index is 0.00796. The number of benzene rings is 1. The molecule has 118 valence electrons. The first kappa shape index (κ1) is 14.9. The number of amides is 2. The minimum atomic E-state index is -0.650. The SMILES string of the molecule is O=C(CCF)N1CCC2(CC(=O)N(c3ccc(F)cc3)C2)C1. The molecule has 22 heavy (non-hydrogen) atoms. The Morgan fingerprint density at radius 1 is 1.23 bits per heavy atom. The van der Waals surface area contributed by atoms with E-state index in [4.69, 9.17) is 0 Å². The minimum Gasteiger partial charge on any atom is -0.342 e. The lowest BCUT2D eigenvalue weighted by Crippen LogP contribution is -2.34. The molecule has 6 heteroatoms. The Morgan fingerprint density at radius 2 is 1.95 bits per heavy atom. The maximum absolute atomic E-state index is 13.0. The van der Waals surface area contributed by atoms with E-state index in [1.807, 2.05) is 0 Å². The summed E-state index contributed by atoms with van der Waals surface area (Å²) >= 11 is 0. The second-order valence-corrected chi connectivity index (χ2v) is 6.14. The van der Waals surface area contributed by atoms with E-state index in [9.17, 15) is 18.4 Å². The average Bonchev–Trinajstić information content (AvgIpc) is 3.04. The smallest absolute Gasteiger partial charge is 0.227 e. The lowest BCUT2D eigenvalue weighted by atomic mass is 9.86. The van der Waals surface area contributed by atoms with Crippen molar-refractivity contribution in [1.29, 1.82) is 0 Å². The maximum Gasteiger partial charge on any atom is 0.227 e. The maximum atomic E-state index is 13.0. The largest absolute Gasteiger partial charge is 0.342 e.